The van der Waals surface area contributed by atoms with Crippen LogP contribution in [0.3, 0.4) is 0 Å². The van der Waals surface area contributed by atoms with Crippen LogP contribution in [0.5, 0.6) is 0 Å². The van der Waals surface area contributed by atoms with Gasteiger partial charge < -0.3 is 10.8 Å². The van der Waals surface area contributed by atoms with Crippen LogP contribution in [0.4, 0.5) is 0 Å². The van der Waals surface area contributed by atoms with Crippen molar-refractivity contribution in [1.82, 2.24) is 0 Å². The number of benzene rings is 1. The predicted octanol–water partition coefficient (Wildman–Crippen LogP) is 3.28. The number of aryl methyl sites for hydroxylation is 1. The summed E-state index contributed by atoms with van der Waals surface area (Å²) < 4.78 is 24.6. The van der Waals surface area contributed by atoms with Crippen molar-refractivity contribution in [1.29, 1.82) is 0 Å². The number of hydrogen-bond donors (Lipinski definition) is 2. The SMILES string of the molecule is CCCCCc1ccc(S(=O)(=O)CCCCC[C@H](N)C(=O)O)cc1.S. The van der Waals surface area contributed by atoms with Gasteiger partial charge in [0.1, 0.15) is 6.04 Å². The van der Waals surface area contributed by atoms with E-state index in [1.54, 1.807) is 12.1 Å². The van der Waals surface area contributed by atoms with E-state index in [1.165, 1.54) is 18.4 Å². The minimum absolute atomic E-state index is 0. The summed E-state index contributed by atoms with van der Waals surface area (Å²) in [5.74, 6) is -0.925. The van der Waals surface area contributed by atoms with Crippen LogP contribution in [-0.2, 0) is 21.1 Å². The topological polar surface area (TPSA) is 97.5 Å². The average Bonchev–Trinajstić information content (AvgIpc) is 2.55. The molecule has 0 aliphatic rings. The molecular weight excluding hydrogens is 358 g/mol. The van der Waals surface area contributed by atoms with Crippen molar-refractivity contribution in [3.05, 3.63) is 29.8 Å². The molecule has 0 heterocycles. The van der Waals surface area contributed by atoms with Crippen LogP contribution in [0.25, 0.3) is 0 Å². The Labute approximate surface area is 158 Å². The Kier molecular flexibility index (Phi) is 11.8. The molecule has 0 bridgehead atoms. The van der Waals surface area contributed by atoms with Crippen molar-refractivity contribution in [3.8, 4) is 0 Å². The van der Waals surface area contributed by atoms with Gasteiger partial charge in [-0.1, -0.05) is 44.7 Å². The van der Waals surface area contributed by atoms with Gasteiger partial charge in [0, 0.05) is 0 Å². The number of aliphatic carboxylic acids is 1. The molecule has 0 unspecified atom stereocenters. The zero-order valence-electron chi connectivity index (χ0n) is 14.9. The molecule has 0 aromatic heterocycles. The maximum atomic E-state index is 12.3. The number of rotatable bonds is 12. The van der Waals surface area contributed by atoms with Gasteiger partial charge in [0.2, 0.25) is 0 Å². The van der Waals surface area contributed by atoms with Crippen LogP contribution < -0.4 is 5.73 Å². The molecule has 3 N–H and O–H groups in total. The summed E-state index contributed by atoms with van der Waals surface area (Å²) in [6, 6.07) is 6.32. The van der Waals surface area contributed by atoms with E-state index in [-0.39, 0.29) is 19.2 Å². The first-order valence-electron chi connectivity index (χ1n) is 8.67. The average molecular weight is 390 g/mol. The highest BCUT2D eigenvalue weighted by Gasteiger charge is 2.15. The highest BCUT2D eigenvalue weighted by atomic mass is 32.2. The third-order valence-electron chi connectivity index (χ3n) is 4.10. The minimum Gasteiger partial charge on any atom is -0.480 e. The van der Waals surface area contributed by atoms with Crippen LogP contribution in [0, 0.1) is 0 Å². The number of unbranched alkanes of at least 4 members (excludes halogenated alkanes) is 4. The Morgan fingerprint density at radius 3 is 2.28 bits per heavy atom. The normalized spacial score (nSPS) is 12.4. The van der Waals surface area contributed by atoms with Crippen molar-refractivity contribution in [2.24, 2.45) is 5.73 Å². The molecule has 0 radical (unpaired) electrons. The van der Waals surface area contributed by atoms with Crippen molar-refractivity contribution >= 4 is 29.3 Å². The summed E-state index contributed by atoms with van der Waals surface area (Å²) in [7, 11) is -3.27. The van der Waals surface area contributed by atoms with E-state index in [0.717, 1.165) is 12.8 Å². The quantitative estimate of drug-likeness (QED) is 0.535. The van der Waals surface area contributed by atoms with Crippen LogP contribution in [-0.4, -0.2) is 31.3 Å². The third-order valence-corrected chi connectivity index (χ3v) is 5.91. The van der Waals surface area contributed by atoms with Crippen molar-refractivity contribution < 1.29 is 18.3 Å². The van der Waals surface area contributed by atoms with E-state index >= 15 is 0 Å². The number of carboxylic acid groups (broad SMARTS) is 1. The highest BCUT2D eigenvalue weighted by molar-refractivity contribution is 7.91. The first-order valence-corrected chi connectivity index (χ1v) is 10.3. The molecule has 0 aliphatic heterocycles. The molecule has 1 atom stereocenters. The zero-order chi connectivity index (χ0) is 18.0. The number of sulfone groups is 1. The van der Waals surface area contributed by atoms with Crippen LogP contribution in [0.15, 0.2) is 29.2 Å². The standard InChI is InChI=1S/C18H29NO4S.H2S/c1-2-3-5-8-15-10-12-16(13-11-15)24(22,23)14-7-4-6-9-17(19)18(20)21;/h10-13,17H,2-9,14,19H2,1H3,(H,20,21);1H2/t17-;/m0./s1. The lowest BCUT2D eigenvalue weighted by molar-refractivity contribution is -0.138. The Balaban J connectivity index is 0.00000576. The monoisotopic (exact) mass is 389 g/mol. The maximum absolute atomic E-state index is 12.3. The van der Waals surface area contributed by atoms with Gasteiger partial charge in [0.25, 0.3) is 0 Å². The van der Waals surface area contributed by atoms with E-state index < -0.39 is 21.8 Å². The molecule has 0 amide bonds. The molecule has 0 saturated heterocycles. The number of carboxylic acids is 1. The highest BCUT2D eigenvalue weighted by Crippen LogP contribution is 2.16. The minimum atomic E-state index is -3.27. The van der Waals surface area contributed by atoms with Gasteiger partial charge in [-0.15, -0.1) is 0 Å². The second-order valence-corrected chi connectivity index (χ2v) is 8.32. The predicted molar refractivity (Wildman–Crippen MR) is 106 cm³/mol. The fraction of sp³-hybridized carbons (Fsp3) is 0.611. The van der Waals surface area contributed by atoms with Crippen molar-refractivity contribution in [2.45, 2.75) is 69.2 Å². The van der Waals surface area contributed by atoms with Crippen LogP contribution >= 0.6 is 13.5 Å². The summed E-state index contributed by atoms with van der Waals surface area (Å²) in [6.45, 7) is 2.16. The van der Waals surface area contributed by atoms with Crippen LogP contribution in [0.1, 0.15) is 57.4 Å². The molecular formula is C18H31NO4S2. The molecule has 5 nitrogen and oxygen atoms in total. The fourth-order valence-corrected chi connectivity index (χ4v) is 3.89. The molecule has 7 heteroatoms. The molecule has 0 fully saturated rings. The second kappa shape index (κ2) is 12.3. The van der Waals surface area contributed by atoms with E-state index in [2.05, 4.69) is 6.92 Å². The van der Waals surface area contributed by atoms with E-state index in [1.807, 2.05) is 12.1 Å². The zero-order valence-corrected chi connectivity index (χ0v) is 16.7. The van der Waals surface area contributed by atoms with Crippen molar-refractivity contribution in [3.63, 3.8) is 0 Å². The number of carbonyl (C=O) groups is 1. The summed E-state index contributed by atoms with van der Waals surface area (Å²) in [6.07, 6.45) is 6.65. The van der Waals surface area contributed by atoms with Crippen molar-refractivity contribution in [2.75, 3.05) is 5.75 Å². The van der Waals surface area contributed by atoms with Gasteiger partial charge in [-0.25, -0.2) is 8.42 Å². The Bertz CT molecular complexity index is 600. The molecule has 0 saturated carbocycles. The lowest BCUT2D eigenvalue weighted by atomic mass is 10.1. The van der Waals surface area contributed by atoms with Gasteiger partial charge in [-0.2, -0.15) is 13.5 Å². The smallest absolute Gasteiger partial charge is 0.320 e. The molecule has 1 aromatic carbocycles. The molecule has 25 heavy (non-hydrogen) atoms. The summed E-state index contributed by atoms with van der Waals surface area (Å²) >= 11 is 0. The lowest BCUT2D eigenvalue weighted by Crippen LogP contribution is -2.29. The van der Waals surface area contributed by atoms with Crippen LogP contribution in [0.2, 0.25) is 0 Å². The third kappa shape index (κ3) is 9.28. The van der Waals surface area contributed by atoms with Gasteiger partial charge >= 0.3 is 5.97 Å². The van der Waals surface area contributed by atoms with E-state index in [9.17, 15) is 13.2 Å². The lowest BCUT2D eigenvalue weighted by Gasteiger charge is -2.07. The summed E-state index contributed by atoms with van der Waals surface area (Å²) in [5.41, 5.74) is 6.59. The molecule has 1 aromatic rings. The van der Waals surface area contributed by atoms with E-state index in [0.29, 0.717) is 30.6 Å². The Hall–Kier alpha value is -1.05. The first kappa shape index (κ1) is 23.9. The summed E-state index contributed by atoms with van der Waals surface area (Å²) in [4.78, 5) is 11.0. The number of hydrogen-bond acceptors (Lipinski definition) is 4. The van der Waals surface area contributed by atoms with Gasteiger partial charge in [-0.3, -0.25) is 4.79 Å². The van der Waals surface area contributed by atoms with Gasteiger partial charge in [0.05, 0.1) is 10.6 Å². The van der Waals surface area contributed by atoms with Gasteiger partial charge in [0.15, 0.2) is 9.84 Å². The van der Waals surface area contributed by atoms with Gasteiger partial charge in [-0.05, 0) is 43.4 Å². The first-order chi connectivity index (χ1) is 11.4. The van der Waals surface area contributed by atoms with E-state index in [4.69, 9.17) is 10.8 Å². The number of nitrogens with two attached hydrogens (primary N) is 1. The maximum Gasteiger partial charge on any atom is 0.320 e. The second-order valence-electron chi connectivity index (χ2n) is 6.21. The molecule has 1 rings (SSSR count). The molecule has 0 aliphatic carbocycles. The summed E-state index contributed by atoms with van der Waals surface area (Å²) in [5, 5.41) is 8.69. The molecule has 144 valence electrons. The largest absolute Gasteiger partial charge is 0.480 e. The Morgan fingerprint density at radius 2 is 1.72 bits per heavy atom. The molecule has 0 spiro atoms. The Morgan fingerprint density at radius 1 is 1.08 bits per heavy atom. The fourth-order valence-electron chi connectivity index (χ4n) is 2.52.